The van der Waals surface area contributed by atoms with Gasteiger partial charge in [-0.2, -0.15) is 13.2 Å². The monoisotopic (exact) mass is 334 g/mol. The van der Waals surface area contributed by atoms with Gasteiger partial charge in [0.1, 0.15) is 6.10 Å². The molecule has 1 aromatic carbocycles. The van der Waals surface area contributed by atoms with E-state index >= 15 is 0 Å². The van der Waals surface area contributed by atoms with Crippen LogP contribution in [-0.4, -0.2) is 16.8 Å². The molecule has 0 saturated carbocycles. The molecule has 1 aliphatic rings. The number of aromatic nitrogens is 1. The highest BCUT2D eigenvalue weighted by molar-refractivity contribution is 6.05. The summed E-state index contributed by atoms with van der Waals surface area (Å²) in [6.07, 6.45) is -3.31. The molecule has 3 nitrogen and oxygen atoms in total. The van der Waals surface area contributed by atoms with E-state index in [-0.39, 0.29) is 12.5 Å². The summed E-state index contributed by atoms with van der Waals surface area (Å²) in [5, 5.41) is 4.17. The van der Waals surface area contributed by atoms with Crippen molar-refractivity contribution in [2.75, 3.05) is 0 Å². The fraction of sp³-hybridized carbons (Fsp3) is 0.333. The molecule has 1 aliphatic heterocycles. The van der Waals surface area contributed by atoms with Crippen molar-refractivity contribution in [1.82, 2.24) is 4.98 Å². The molecular formula is C18H17F3N2O. The van der Waals surface area contributed by atoms with E-state index in [2.05, 4.69) is 10.1 Å². The maximum Gasteiger partial charge on any atom is 0.416 e. The number of nitrogens with zero attached hydrogens (tertiary/aromatic N) is 2. The molecule has 126 valence electrons. The zero-order valence-corrected chi connectivity index (χ0v) is 13.3. The summed E-state index contributed by atoms with van der Waals surface area (Å²) in [7, 11) is 0. The summed E-state index contributed by atoms with van der Waals surface area (Å²) in [6.45, 7) is 3.95. The molecule has 0 N–H and O–H groups in total. The van der Waals surface area contributed by atoms with Crippen molar-refractivity contribution in [2.24, 2.45) is 10.6 Å². The predicted octanol–water partition coefficient (Wildman–Crippen LogP) is 4.47. The lowest BCUT2D eigenvalue weighted by atomic mass is 9.77. The molecule has 2 heterocycles. The van der Waals surface area contributed by atoms with E-state index in [1.165, 1.54) is 6.20 Å². The van der Waals surface area contributed by atoms with Crippen LogP contribution in [0, 0.1) is 5.41 Å². The lowest BCUT2D eigenvalue weighted by Crippen LogP contribution is -2.35. The van der Waals surface area contributed by atoms with Crippen LogP contribution in [0.4, 0.5) is 13.2 Å². The van der Waals surface area contributed by atoms with Gasteiger partial charge < -0.3 is 4.84 Å². The van der Waals surface area contributed by atoms with Crippen LogP contribution >= 0.6 is 0 Å². The molecule has 6 heteroatoms. The van der Waals surface area contributed by atoms with E-state index in [1.54, 1.807) is 0 Å². The van der Waals surface area contributed by atoms with E-state index in [1.807, 2.05) is 44.2 Å². The Labute approximate surface area is 138 Å². The molecule has 0 spiro atoms. The maximum atomic E-state index is 12.8. The van der Waals surface area contributed by atoms with E-state index in [9.17, 15) is 13.2 Å². The third-order valence-corrected chi connectivity index (χ3v) is 4.27. The second-order valence-electron chi connectivity index (χ2n) is 6.36. The average Bonchev–Trinajstić information content (AvgIpc) is 2.82. The summed E-state index contributed by atoms with van der Waals surface area (Å²) >= 11 is 0. The first kappa shape index (κ1) is 16.5. The summed E-state index contributed by atoms with van der Waals surface area (Å²) in [6, 6.07) is 11.7. The first-order valence-electron chi connectivity index (χ1n) is 7.60. The number of pyridine rings is 1. The first-order chi connectivity index (χ1) is 11.3. The topological polar surface area (TPSA) is 34.5 Å². The van der Waals surface area contributed by atoms with E-state index < -0.39 is 17.2 Å². The third kappa shape index (κ3) is 3.13. The van der Waals surface area contributed by atoms with Crippen LogP contribution in [0.2, 0.25) is 0 Å². The zero-order valence-electron chi connectivity index (χ0n) is 13.3. The number of hydrogen-bond donors (Lipinski definition) is 0. The van der Waals surface area contributed by atoms with Crippen molar-refractivity contribution in [3.8, 4) is 0 Å². The van der Waals surface area contributed by atoms with Crippen molar-refractivity contribution in [1.29, 1.82) is 0 Å². The molecule has 0 bridgehead atoms. The molecule has 0 aliphatic carbocycles. The molecule has 3 rings (SSSR count). The minimum Gasteiger partial charge on any atom is -0.391 e. The number of alkyl halides is 3. The van der Waals surface area contributed by atoms with Crippen molar-refractivity contribution in [2.45, 2.75) is 32.5 Å². The third-order valence-electron chi connectivity index (χ3n) is 4.27. The van der Waals surface area contributed by atoms with Crippen molar-refractivity contribution >= 4 is 5.71 Å². The number of benzene rings is 1. The molecule has 0 amide bonds. The number of oxime groups is 1. The Balaban J connectivity index is 1.81. The summed E-state index contributed by atoms with van der Waals surface area (Å²) in [5.74, 6) is 0. The molecule has 1 unspecified atom stereocenters. The highest BCUT2D eigenvalue weighted by atomic mass is 19.4. The Morgan fingerprint density at radius 1 is 1.12 bits per heavy atom. The summed E-state index contributed by atoms with van der Waals surface area (Å²) in [4.78, 5) is 9.58. The van der Waals surface area contributed by atoms with Crippen LogP contribution < -0.4 is 0 Å². The van der Waals surface area contributed by atoms with Gasteiger partial charge in [-0.25, -0.2) is 0 Å². The van der Waals surface area contributed by atoms with Gasteiger partial charge >= 0.3 is 6.18 Å². The molecule has 24 heavy (non-hydrogen) atoms. The van der Waals surface area contributed by atoms with Crippen LogP contribution in [0.15, 0.2) is 53.8 Å². The SMILES string of the molecule is CC1(C)C(c2ccccc2)=NOC1Cc1cc(C(F)(F)F)ccn1. The molecule has 1 atom stereocenters. The van der Waals surface area contributed by atoms with Gasteiger partial charge in [0.05, 0.1) is 16.7 Å². The minimum absolute atomic E-state index is 0.261. The normalized spacial score (nSPS) is 19.7. The number of hydrogen-bond acceptors (Lipinski definition) is 3. The summed E-state index contributed by atoms with van der Waals surface area (Å²) < 4.78 is 38.5. The quantitative estimate of drug-likeness (QED) is 0.830. The lowest BCUT2D eigenvalue weighted by molar-refractivity contribution is -0.137. The highest BCUT2D eigenvalue weighted by Crippen LogP contribution is 2.37. The standard InChI is InChI=1S/C18H17F3N2O/c1-17(2)15(24-23-16(17)12-6-4-3-5-7-12)11-14-10-13(8-9-22-14)18(19,20)21/h3-10,15H,11H2,1-2H3. The van der Waals surface area contributed by atoms with Gasteiger partial charge in [-0.3, -0.25) is 4.98 Å². The Morgan fingerprint density at radius 2 is 1.83 bits per heavy atom. The molecule has 0 radical (unpaired) electrons. The fourth-order valence-electron chi connectivity index (χ4n) is 2.79. The minimum atomic E-state index is -4.38. The first-order valence-corrected chi connectivity index (χ1v) is 7.60. The number of halogens is 3. The van der Waals surface area contributed by atoms with Crippen molar-refractivity contribution in [3.05, 3.63) is 65.5 Å². The van der Waals surface area contributed by atoms with E-state index in [0.717, 1.165) is 23.4 Å². The van der Waals surface area contributed by atoms with Gasteiger partial charge in [-0.05, 0) is 17.7 Å². The summed E-state index contributed by atoms with van der Waals surface area (Å²) in [5.41, 5.74) is 0.944. The number of rotatable bonds is 3. The second-order valence-corrected chi connectivity index (χ2v) is 6.36. The average molecular weight is 334 g/mol. The molecule has 0 saturated heterocycles. The Bertz CT molecular complexity index is 754. The van der Waals surface area contributed by atoms with Gasteiger partial charge in [0, 0.05) is 18.3 Å². The largest absolute Gasteiger partial charge is 0.416 e. The van der Waals surface area contributed by atoms with Gasteiger partial charge in [0.25, 0.3) is 0 Å². The molecule has 1 aromatic heterocycles. The Kier molecular flexibility index (Phi) is 4.07. The second kappa shape index (κ2) is 5.92. The van der Waals surface area contributed by atoms with Crippen LogP contribution in [0.3, 0.4) is 0 Å². The van der Waals surface area contributed by atoms with Crippen molar-refractivity contribution < 1.29 is 18.0 Å². The Morgan fingerprint density at radius 3 is 2.50 bits per heavy atom. The van der Waals surface area contributed by atoms with Gasteiger partial charge in [0.15, 0.2) is 0 Å². The molecular weight excluding hydrogens is 317 g/mol. The van der Waals surface area contributed by atoms with Crippen LogP contribution in [0.25, 0.3) is 0 Å². The zero-order chi connectivity index (χ0) is 17.4. The van der Waals surface area contributed by atoms with Gasteiger partial charge in [-0.15, -0.1) is 0 Å². The van der Waals surface area contributed by atoms with Crippen LogP contribution in [-0.2, 0) is 17.4 Å². The van der Waals surface area contributed by atoms with E-state index in [0.29, 0.717) is 5.69 Å². The highest BCUT2D eigenvalue weighted by Gasteiger charge is 2.43. The smallest absolute Gasteiger partial charge is 0.391 e. The molecule has 2 aromatic rings. The van der Waals surface area contributed by atoms with Crippen molar-refractivity contribution in [3.63, 3.8) is 0 Å². The van der Waals surface area contributed by atoms with Crippen LogP contribution in [0.1, 0.15) is 30.7 Å². The lowest BCUT2D eigenvalue weighted by Gasteiger charge is -2.25. The fourth-order valence-corrected chi connectivity index (χ4v) is 2.79. The van der Waals surface area contributed by atoms with E-state index in [4.69, 9.17) is 4.84 Å². The predicted molar refractivity (Wildman–Crippen MR) is 84.6 cm³/mol. The Hall–Kier alpha value is -2.37. The molecule has 0 fully saturated rings. The van der Waals surface area contributed by atoms with Gasteiger partial charge in [0.2, 0.25) is 0 Å². The maximum absolute atomic E-state index is 12.8. The van der Waals surface area contributed by atoms with Crippen LogP contribution in [0.5, 0.6) is 0 Å². The van der Waals surface area contributed by atoms with Gasteiger partial charge in [-0.1, -0.05) is 49.3 Å².